The molecular weight excluding hydrogens is 254 g/mol. The third kappa shape index (κ3) is 3.01. The van der Waals surface area contributed by atoms with Gasteiger partial charge in [0.1, 0.15) is 11.5 Å². The standard InChI is InChI=1S/C12H19NO4S/c1-10(16-5)6-7-11(2)18(14,15)13-8-9-17-12(13,3)4/h6-7H,1-2,8-9H2,3-5H3/b7-6-. The topological polar surface area (TPSA) is 55.8 Å². The lowest BCUT2D eigenvalue weighted by Crippen LogP contribution is -2.43. The summed E-state index contributed by atoms with van der Waals surface area (Å²) in [6.45, 7) is 11.3. The molecule has 0 spiro atoms. The van der Waals surface area contributed by atoms with Crippen LogP contribution in [-0.2, 0) is 19.5 Å². The van der Waals surface area contributed by atoms with Gasteiger partial charge in [-0.2, -0.15) is 4.31 Å². The molecule has 18 heavy (non-hydrogen) atoms. The molecule has 0 unspecified atom stereocenters. The zero-order valence-corrected chi connectivity index (χ0v) is 11.8. The Morgan fingerprint density at radius 3 is 2.44 bits per heavy atom. The number of rotatable bonds is 5. The third-order valence-electron chi connectivity index (χ3n) is 2.69. The lowest BCUT2D eigenvalue weighted by Gasteiger charge is -2.28. The van der Waals surface area contributed by atoms with Gasteiger partial charge in [0, 0.05) is 6.54 Å². The molecule has 0 radical (unpaired) electrons. The fourth-order valence-corrected chi connectivity index (χ4v) is 3.08. The van der Waals surface area contributed by atoms with Crippen molar-refractivity contribution in [1.29, 1.82) is 0 Å². The minimum atomic E-state index is -3.62. The number of ether oxygens (including phenoxy) is 2. The Morgan fingerprint density at radius 1 is 1.39 bits per heavy atom. The zero-order chi connectivity index (χ0) is 14.0. The molecule has 0 aromatic rings. The van der Waals surface area contributed by atoms with Crippen LogP contribution in [0.4, 0.5) is 0 Å². The summed E-state index contributed by atoms with van der Waals surface area (Å²) in [5.41, 5.74) is -0.839. The predicted octanol–water partition coefficient (Wildman–Crippen LogP) is 1.61. The van der Waals surface area contributed by atoms with Crippen molar-refractivity contribution in [3.8, 4) is 0 Å². The first-order valence-electron chi connectivity index (χ1n) is 5.48. The van der Waals surface area contributed by atoms with Crippen LogP contribution in [0.3, 0.4) is 0 Å². The van der Waals surface area contributed by atoms with E-state index in [9.17, 15) is 8.42 Å². The van der Waals surface area contributed by atoms with Gasteiger partial charge in [-0.05, 0) is 26.0 Å². The van der Waals surface area contributed by atoms with Gasteiger partial charge >= 0.3 is 0 Å². The molecule has 0 aliphatic carbocycles. The SMILES string of the molecule is C=C(/C=C\C(=C)S(=O)(=O)N1CCOC1(C)C)OC. The molecule has 6 heteroatoms. The van der Waals surface area contributed by atoms with Crippen LogP contribution in [0, 0.1) is 0 Å². The molecule has 0 saturated carbocycles. The monoisotopic (exact) mass is 273 g/mol. The molecule has 0 aromatic heterocycles. The van der Waals surface area contributed by atoms with Crippen LogP contribution in [0.15, 0.2) is 36.0 Å². The Labute approximate surface area is 108 Å². The highest BCUT2D eigenvalue weighted by Gasteiger charge is 2.42. The van der Waals surface area contributed by atoms with Gasteiger partial charge in [-0.3, -0.25) is 0 Å². The summed E-state index contributed by atoms with van der Waals surface area (Å²) in [5.74, 6) is 0.364. The van der Waals surface area contributed by atoms with Gasteiger partial charge in [0.2, 0.25) is 10.0 Å². The summed E-state index contributed by atoms with van der Waals surface area (Å²) in [7, 11) is -2.16. The summed E-state index contributed by atoms with van der Waals surface area (Å²) in [4.78, 5) is -0.0146. The highest BCUT2D eigenvalue weighted by molar-refractivity contribution is 7.93. The second-order valence-corrected chi connectivity index (χ2v) is 6.26. The molecule has 0 atom stereocenters. The fraction of sp³-hybridized carbons (Fsp3) is 0.500. The Balaban J connectivity index is 2.91. The van der Waals surface area contributed by atoms with E-state index in [2.05, 4.69) is 13.2 Å². The molecule has 102 valence electrons. The van der Waals surface area contributed by atoms with Crippen molar-refractivity contribution in [1.82, 2.24) is 4.31 Å². The van der Waals surface area contributed by atoms with Gasteiger partial charge in [-0.15, -0.1) is 0 Å². The first kappa shape index (κ1) is 14.9. The lowest BCUT2D eigenvalue weighted by molar-refractivity contribution is -0.0146. The van der Waals surface area contributed by atoms with Crippen LogP contribution in [-0.4, -0.2) is 38.7 Å². The second kappa shape index (κ2) is 5.26. The van der Waals surface area contributed by atoms with Crippen LogP contribution in [0.25, 0.3) is 0 Å². The van der Waals surface area contributed by atoms with Crippen molar-refractivity contribution in [2.24, 2.45) is 0 Å². The van der Waals surface area contributed by atoms with E-state index < -0.39 is 15.7 Å². The van der Waals surface area contributed by atoms with Gasteiger partial charge < -0.3 is 9.47 Å². The molecule has 0 bridgehead atoms. The molecule has 1 rings (SSSR count). The number of sulfonamides is 1. The molecule has 1 aliphatic heterocycles. The smallest absolute Gasteiger partial charge is 0.244 e. The number of hydrogen-bond donors (Lipinski definition) is 0. The van der Waals surface area contributed by atoms with Gasteiger partial charge in [0.25, 0.3) is 0 Å². The normalized spacial score (nSPS) is 20.2. The Kier molecular flexibility index (Phi) is 4.37. The summed E-state index contributed by atoms with van der Waals surface area (Å²) in [6.07, 6.45) is 2.83. The fourth-order valence-electron chi connectivity index (χ4n) is 1.61. The van der Waals surface area contributed by atoms with Crippen LogP contribution in [0.5, 0.6) is 0 Å². The number of allylic oxidation sites excluding steroid dienone is 2. The highest BCUT2D eigenvalue weighted by atomic mass is 32.2. The second-order valence-electron chi connectivity index (χ2n) is 4.34. The average Bonchev–Trinajstić information content (AvgIpc) is 2.65. The Bertz CT molecular complexity index is 476. The van der Waals surface area contributed by atoms with E-state index in [-0.39, 0.29) is 4.91 Å². The van der Waals surface area contributed by atoms with Crippen LogP contribution in [0.2, 0.25) is 0 Å². The third-order valence-corrected chi connectivity index (χ3v) is 4.69. The van der Waals surface area contributed by atoms with E-state index in [0.717, 1.165) is 0 Å². The van der Waals surface area contributed by atoms with Crippen LogP contribution >= 0.6 is 0 Å². The van der Waals surface area contributed by atoms with Crippen molar-refractivity contribution in [3.63, 3.8) is 0 Å². The molecule has 1 fully saturated rings. The molecule has 1 aliphatic rings. The summed E-state index contributed by atoms with van der Waals surface area (Å²) >= 11 is 0. The lowest BCUT2D eigenvalue weighted by atomic mass is 10.3. The molecular formula is C12H19NO4S. The van der Waals surface area contributed by atoms with Crippen molar-refractivity contribution >= 4 is 10.0 Å². The molecule has 0 amide bonds. The van der Waals surface area contributed by atoms with E-state index in [0.29, 0.717) is 18.9 Å². The first-order valence-corrected chi connectivity index (χ1v) is 6.92. The van der Waals surface area contributed by atoms with E-state index in [1.807, 2.05) is 0 Å². The van der Waals surface area contributed by atoms with E-state index in [1.165, 1.54) is 23.6 Å². The summed E-state index contributed by atoms with van der Waals surface area (Å²) < 4.78 is 36.0. The van der Waals surface area contributed by atoms with Gasteiger partial charge in [0.15, 0.2) is 0 Å². The molecule has 0 N–H and O–H groups in total. The number of hydrogen-bond acceptors (Lipinski definition) is 4. The molecule has 5 nitrogen and oxygen atoms in total. The van der Waals surface area contributed by atoms with Crippen molar-refractivity contribution in [2.75, 3.05) is 20.3 Å². The van der Waals surface area contributed by atoms with Gasteiger partial charge in [-0.25, -0.2) is 8.42 Å². The van der Waals surface area contributed by atoms with Gasteiger partial charge in [-0.1, -0.05) is 13.2 Å². The van der Waals surface area contributed by atoms with Crippen molar-refractivity contribution in [3.05, 3.63) is 36.0 Å². The number of methoxy groups -OCH3 is 1. The van der Waals surface area contributed by atoms with Crippen molar-refractivity contribution in [2.45, 2.75) is 19.6 Å². The van der Waals surface area contributed by atoms with E-state index >= 15 is 0 Å². The highest BCUT2D eigenvalue weighted by Crippen LogP contribution is 2.28. The summed E-state index contributed by atoms with van der Waals surface area (Å²) in [5, 5.41) is 0. The van der Waals surface area contributed by atoms with E-state index in [1.54, 1.807) is 13.8 Å². The molecule has 1 heterocycles. The zero-order valence-electron chi connectivity index (χ0n) is 11.0. The minimum absolute atomic E-state index is 0.0146. The van der Waals surface area contributed by atoms with Crippen molar-refractivity contribution < 1.29 is 17.9 Å². The van der Waals surface area contributed by atoms with Crippen LogP contribution < -0.4 is 0 Å². The predicted molar refractivity (Wildman–Crippen MR) is 70.1 cm³/mol. The molecule has 1 saturated heterocycles. The minimum Gasteiger partial charge on any atom is -0.497 e. The maximum atomic E-state index is 12.3. The Hall–Kier alpha value is -1.11. The van der Waals surface area contributed by atoms with E-state index in [4.69, 9.17) is 9.47 Å². The average molecular weight is 273 g/mol. The quantitative estimate of drug-likeness (QED) is 0.564. The van der Waals surface area contributed by atoms with Gasteiger partial charge in [0.05, 0.1) is 18.6 Å². The maximum absolute atomic E-state index is 12.3. The Morgan fingerprint density at radius 2 is 2.00 bits per heavy atom. The molecule has 0 aromatic carbocycles. The summed E-state index contributed by atoms with van der Waals surface area (Å²) in [6, 6.07) is 0. The first-order chi connectivity index (χ1) is 8.21. The number of nitrogens with zero attached hydrogens (tertiary/aromatic N) is 1. The maximum Gasteiger partial charge on any atom is 0.244 e. The van der Waals surface area contributed by atoms with Crippen LogP contribution in [0.1, 0.15) is 13.8 Å². The largest absolute Gasteiger partial charge is 0.497 e.